The van der Waals surface area contributed by atoms with Crippen LogP contribution in [0.2, 0.25) is 0 Å². The van der Waals surface area contributed by atoms with Crippen molar-refractivity contribution in [3.63, 3.8) is 0 Å². The Morgan fingerprint density at radius 1 is 1.75 bits per heavy atom. The van der Waals surface area contributed by atoms with Crippen molar-refractivity contribution in [3.8, 4) is 5.92 Å². The van der Waals surface area contributed by atoms with Gasteiger partial charge in [-0.15, -0.1) is 0 Å². The third-order valence-electron chi connectivity index (χ3n) is 0.821. The zero-order valence-corrected chi connectivity index (χ0v) is 4.33. The van der Waals surface area contributed by atoms with Crippen LogP contribution >= 0.6 is 0 Å². The third-order valence-corrected chi connectivity index (χ3v) is 0.821. The molecule has 1 aromatic rings. The molecule has 1 aromatic heterocycles. The average molecular weight is 105 g/mol. The maximum Gasteiger partial charge on any atom is 0.0954 e. The second-order valence-electron chi connectivity index (χ2n) is 1.41. The van der Waals surface area contributed by atoms with Gasteiger partial charge in [-0.05, 0) is 6.42 Å². The molecular weight excluding hydrogens is 100 g/mol. The summed E-state index contributed by atoms with van der Waals surface area (Å²) in [5.41, 5.74) is 0. The number of imidazole rings is 1. The molecule has 0 unspecified atom stereocenters. The Morgan fingerprint density at radius 3 is 3.12 bits per heavy atom. The number of aromatic nitrogens is 2. The Bertz CT molecular complexity index is 181. The second kappa shape index (κ2) is 2.17. The van der Waals surface area contributed by atoms with Gasteiger partial charge in [-0.25, -0.2) is 4.98 Å². The van der Waals surface area contributed by atoms with Crippen LogP contribution < -0.4 is 0 Å². The summed E-state index contributed by atoms with van der Waals surface area (Å²) >= 11 is 0. The lowest BCUT2D eigenvalue weighted by Crippen LogP contribution is -1.88. The van der Waals surface area contributed by atoms with E-state index >= 15 is 0 Å². The molecule has 39 valence electrons. The predicted octanol–water partition coefficient (Wildman–Crippen LogP) is 0.473. The van der Waals surface area contributed by atoms with Crippen LogP contribution in [0.3, 0.4) is 0 Å². The maximum absolute atomic E-state index is 6.58. The molecular formula is C6H5N2. The molecule has 0 aliphatic heterocycles. The molecule has 1 rings (SSSR count). The zero-order valence-electron chi connectivity index (χ0n) is 4.33. The Hall–Kier alpha value is -1.23. The van der Waals surface area contributed by atoms with E-state index < -0.39 is 0 Å². The minimum absolute atomic E-state index is 0.500. The molecule has 0 atom stereocenters. The zero-order chi connectivity index (χ0) is 5.82. The van der Waals surface area contributed by atoms with Crippen LogP contribution in [-0.4, -0.2) is 9.55 Å². The highest BCUT2D eigenvalue weighted by molar-refractivity contribution is 4.82. The second-order valence-corrected chi connectivity index (χ2v) is 1.41. The fraction of sp³-hybridized carbons (Fsp3) is 0.167. The lowest BCUT2D eigenvalue weighted by Gasteiger charge is -1.87. The van der Waals surface area contributed by atoms with E-state index in [4.69, 9.17) is 6.42 Å². The van der Waals surface area contributed by atoms with Gasteiger partial charge in [-0.3, -0.25) is 0 Å². The van der Waals surface area contributed by atoms with Gasteiger partial charge in [-0.1, -0.05) is 5.92 Å². The monoisotopic (exact) mass is 105 g/mol. The molecule has 8 heavy (non-hydrogen) atoms. The quantitative estimate of drug-likeness (QED) is 0.475. The summed E-state index contributed by atoms with van der Waals surface area (Å²) in [4.78, 5) is 3.78. The molecule has 0 spiro atoms. The van der Waals surface area contributed by atoms with Crippen LogP contribution in [0.1, 0.15) is 0 Å². The van der Waals surface area contributed by atoms with Gasteiger partial charge < -0.3 is 4.57 Å². The van der Waals surface area contributed by atoms with Crippen LogP contribution in [-0.2, 0) is 6.54 Å². The van der Waals surface area contributed by atoms with Crippen LogP contribution in [0.5, 0.6) is 0 Å². The Morgan fingerprint density at radius 2 is 2.62 bits per heavy atom. The standard InChI is InChI=1S/C6H5N2/c1-2-4-8-5-3-7-6-8/h3,5-6H,4H2. The summed E-state index contributed by atoms with van der Waals surface area (Å²) in [6.07, 6.45) is 11.7. The molecule has 0 amide bonds. The Balaban J connectivity index is 2.67. The number of hydrogen-bond donors (Lipinski definition) is 0. The lowest BCUT2D eigenvalue weighted by molar-refractivity contribution is 0.839. The normalized spacial score (nSPS) is 8.38. The topological polar surface area (TPSA) is 17.8 Å². The van der Waals surface area contributed by atoms with Crippen molar-refractivity contribution >= 4 is 0 Å². The third kappa shape index (κ3) is 0.881. The summed E-state index contributed by atoms with van der Waals surface area (Å²) in [6.45, 7) is 0.500. The smallest absolute Gasteiger partial charge is 0.0954 e. The summed E-state index contributed by atoms with van der Waals surface area (Å²) in [5.74, 6) is 2.24. The van der Waals surface area contributed by atoms with Crippen molar-refractivity contribution < 1.29 is 0 Å². The van der Waals surface area contributed by atoms with Crippen molar-refractivity contribution in [3.05, 3.63) is 25.1 Å². The molecule has 0 N–H and O–H groups in total. The van der Waals surface area contributed by atoms with E-state index in [0.29, 0.717) is 6.54 Å². The van der Waals surface area contributed by atoms with Crippen molar-refractivity contribution in [1.29, 1.82) is 0 Å². The molecule has 2 heteroatoms. The molecule has 0 aliphatic rings. The summed E-state index contributed by atoms with van der Waals surface area (Å²) in [5, 5.41) is 0. The molecule has 0 saturated heterocycles. The van der Waals surface area contributed by atoms with Crippen LogP contribution in [0.25, 0.3) is 0 Å². The van der Waals surface area contributed by atoms with Gasteiger partial charge in [0, 0.05) is 12.4 Å². The van der Waals surface area contributed by atoms with Gasteiger partial charge in [0.25, 0.3) is 0 Å². The van der Waals surface area contributed by atoms with Gasteiger partial charge in [-0.2, -0.15) is 0 Å². The van der Waals surface area contributed by atoms with E-state index in [1.165, 1.54) is 0 Å². The molecule has 1 heterocycles. The van der Waals surface area contributed by atoms with E-state index in [0.717, 1.165) is 0 Å². The Labute approximate surface area is 48.2 Å². The highest BCUT2D eigenvalue weighted by atomic mass is 15.0. The average Bonchev–Trinajstić information content (AvgIpc) is 2.19. The largest absolute Gasteiger partial charge is 0.326 e. The van der Waals surface area contributed by atoms with Crippen molar-refractivity contribution in [2.75, 3.05) is 0 Å². The first kappa shape index (κ1) is 4.92. The summed E-state index contributed by atoms with van der Waals surface area (Å²) in [6, 6.07) is 0. The highest BCUT2D eigenvalue weighted by Crippen LogP contribution is 1.81. The van der Waals surface area contributed by atoms with E-state index in [-0.39, 0.29) is 0 Å². The minimum atomic E-state index is 0.500. The molecule has 0 bridgehead atoms. The molecule has 0 saturated carbocycles. The van der Waals surface area contributed by atoms with Crippen LogP contribution in [0, 0.1) is 12.3 Å². The van der Waals surface area contributed by atoms with E-state index in [1.54, 1.807) is 23.3 Å². The number of rotatable bonds is 1. The van der Waals surface area contributed by atoms with E-state index in [1.807, 2.05) is 0 Å². The number of hydrogen-bond acceptors (Lipinski definition) is 1. The summed E-state index contributed by atoms with van der Waals surface area (Å²) < 4.78 is 1.77. The number of nitrogens with zero attached hydrogens (tertiary/aromatic N) is 2. The van der Waals surface area contributed by atoms with Gasteiger partial charge in [0.1, 0.15) is 0 Å². The first-order chi connectivity index (χ1) is 3.93. The highest BCUT2D eigenvalue weighted by Gasteiger charge is 1.79. The SMILES string of the molecule is [C]#CCn1ccnc1. The van der Waals surface area contributed by atoms with Crippen LogP contribution in [0.15, 0.2) is 18.7 Å². The van der Waals surface area contributed by atoms with Gasteiger partial charge in [0.15, 0.2) is 0 Å². The fourth-order valence-corrected chi connectivity index (χ4v) is 0.472. The van der Waals surface area contributed by atoms with Gasteiger partial charge in [0.05, 0.1) is 12.9 Å². The Kier molecular flexibility index (Phi) is 1.34. The maximum atomic E-state index is 6.58. The minimum Gasteiger partial charge on any atom is -0.326 e. The van der Waals surface area contributed by atoms with Crippen molar-refractivity contribution in [2.24, 2.45) is 0 Å². The molecule has 1 radical (unpaired) electrons. The van der Waals surface area contributed by atoms with Gasteiger partial charge in [0.2, 0.25) is 0 Å². The van der Waals surface area contributed by atoms with Crippen molar-refractivity contribution in [2.45, 2.75) is 6.54 Å². The molecule has 0 aliphatic carbocycles. The van der Waals surface area contributed by atoms with Gasteiger partial charge >= 0.3 is 0 Å². The predicted molar refractivity (Wildman–Crippen MR) is 29.4 cm³/mol. The van der Waals surface area contributed by atoms with E-state index in [2.05, 4.69) is 10.9 Å². The molecule has 0 fully saturated rings. The first-order valence-electron chi connectivity index (χ1n) is 2.29. The van der Waals surface area contributed by atoms with Crippen LogP contribution in [0.4, 0.5) is 0 Å². The summed E-state index contributed by atoms with van der Waals surface area (Å²) in [7, 11) is 0. The molecule has 2 nitrogen and oxygen atoms in total. The first-order valence-corrected chi connectivity index (χ1v) is 2.29. The lowest BCUT2D eigenvalue weighted by atomic mass is 10.6. The molecule has 0 aromatic carbocycles. The van der Waals surface area contributed by atoms with Crippen molar-refractivity contribution in [1.82, 2.24) is 9.55 Å². The fourth-order valence-electron chi connectivity index (χ4n) is 0.472. The van der Waals surface area contributed by atoms with E-state index in [9.17, 15) is 0 Å².